The molecule has 0 saturated carbocycles. The third kappa shape index (κ3) is 4.01. The Bertz CT molecular complexity index is 454. The van der Waals surface area contributed by atoms with Crippen LogP contribution >= 0.6 is 0 Å². The van der Waals surface area contributed by atoms with Gasteiger partial charge in [0.05, 0.1) is 13.2 Å². The second-order valence-corrected chi connectivity index (χ2v) is 3.25. The monoisotopic (exact) mass is 249 g/mol. The van der Waals surface area contributed by atoms with Gasteiger partial charge < -0.3 is 9.47 Å². The topological polar surface area (TPSA) is 65.5 Å². The van der Waals surface area contributed by atoms with Crippen LogP contribution in [0.3, 0.4) is 0 Å². The van der Waals surface area contributed by atoms with Crippen molar-refractivity contribution in [2.75, 3.05) is 13.2 Å². The van der Waals surface area contributed by atoms with E-state index < -0.39 is 11.9 Å². The van der Waals surface area contributed by atoms with Crippen LogP contribution in [0.2, 0.25) is 0 Å². The van der Waals surface area contributed by atoms with Crippen LogP contribution in [0.25, 0.3) is 6.08 Å². The van der Waals surface area contributed by atoms with Crippen LogP contribution in [-0.4, -0.2) is 30.1 Å². The van der Waals surface area contributed by atoms with Crippen LogP contribution in [0, 0.1) is 0 Å². The van der Waals surface area contributed by atoms with E-state index in [1.165, 1.54) is 18.3 Å². The van der Waals surface area contributed by atoms with Gasteiger partial charge >= 0.3 is 11.9 Å². The minimum Gasteiger partial charge on any atom is -0.463 e. The van der Waals surface area contributed by atoms with Crippen molar-refractivity contribution in [2.45, 2.75) is 13.8 Å². The van der Waals surface area contributed by atoms with E-state index in [1.807, 2.05) is 0 Å². The Morgan fingerprint density at radius 1 is 1.28 bits per heavy atom. The van der Waals surface area contributed by atoms with Gasteiger partial charge in [-0.1, -0.05) is 6.07 Å². The second kappa shape index (κ2) is 7.21. The molecule has 1 heterocycles. The molecule has 0 unspecified atom stereocenters. The summed E-state index contributed by atoms with van der Waals surface area (Å²) in [5, 5.41) is 0. The van der Waals surface area contributed by atoms with E-state index in [0.29, 0.717) is 12.2 Å². The van der Waals surface area contributed by atoms with Gasteiger partial charge in [0.1, 0.15) is 0 Å². The van der Waals surface area contributed by atoms with Crippen molar-refractivity contribution in [3.05, 3.63) is 35.7 Å². The molecule has 1 rings (SSSR count). The first-order valence-electron chi connectivity index (χ1n) is 5.66. The zero-order valence-corrected chi connectivity index (χ0v) is 10.4. The van der Waals surface area contributed by atoms with Gasteiger partial charge in [0.15, 0.2) is 5.69 Å². The minimum atomic E-state index is -0.512. The molecule has 0 fully saturated rings. The Balaban J connectivity index is 2.88. The van der Waals surface area contributed by atoms with Gasteiger partial charge in [-0.25, -0.2) is 14.6 Å². The lowest BCUT2D eigenvalue weighted by molar-refractivity contribution is -0.137. The first-order valence-corrected chi connectivity index (χ1v) is 5.66. The maximum absolute atomic E-state index is 11.6. The van der Waals surface area contributed by atoms with Gasteiger partial charge in [-0.2, -0.15) is 0 Å². The highest BCUT2D eigenvalue weighted by Gasteiger charge is 2.11. The summed E-state index contributed by atoms with van der Waals surface area (Å²) in [6, 6.07) is 3.35. The molecule has 0 N–H and O–H groups in total. The fourth-order valence-electron chi connectivity index (χ4n) is 1.27. The average molecular weight is 249 g/mol. The Labute approximate surface area is 105 Å². The van der Waals surface area contributed by atoms with Crippen LogP contribution in [0.4, 0.5) is 0 Å². The summed E-state index contributed by atoms with van der Waals surface area (Å²) in [7, 11) is 0. The summed E-state index contributed by atoms with van der Waals surface area (Å²) in [6.45, 7) is 4.02. The number of hydrogen-bond acceptors (Lipinski definition) is 5. The zero-order chi connectivity index (χ0) is 13.4. The maximum atomic E-state index is 11.6. The number of ether oxygens (including phenoxy) is 2. The second-order valence-electron chi connectivity index (χ2n) is 3.25. The Morgan fingerprint density at radius 2 is 2.00 bits per heavy atom. The largest absolute Gasteiger partial charge is 0.463 e. The van der Waals surface area contributed by atoms with Gasteiger partial charge in [0.25, 0.3) is 0 Å². The molecule has 1 aromatic heterocycles. The Morgan fingerprint density at radius 3 is 2.67 bits per heavy atom. The van der Waals surface area contributed by atoms with Crippen molar-refractivity contribution in [1.29, 1.82) is 0 Å². The van der Waals surface area contributed by atoms with E-state index >= 15 is 0 Å². The standard InChI is InChI=1S/C13H15NO4/c1-3-17-11(15)8-7-10-6-5-9-14-12(10)13(16)18-4-2/h5-9H,3-4H2,1-2H3/b8-7+. The molecule has 5 nitrogen and oxygen atoms in total. The van der Waals surface area contributed by atoms with Crippen LogP contribution in [0.5, 0.6) is 0 Å². The number of pyridine rings is 1. The molecule has 0 radical (unpaired) electrons. The first-order chi connectivity index (χ1) is 8.69. The third-order valence-electron chi connectivity index (χ3n) is 1.99. The van der Waals surface area contributed by atoms with E-state index in [0.717, 1.165) is 0 Å². The van der Waals surface area contributed by atoms with Crippen LogP contribution in [-0.2, 0) is 14.3 Å². The van der Waals surface area contributed by atoms with E-state index in [1.54, 1.807) is 26.0 Å². The van der Waals surface area contributed by atoms with E-state index in [-0.39, 0.29) is 12.3 Å². The Kier molecular flexibility index (Phi) is 5.57. The fourth-order valence-corrected chi connectivity index (χ4v) is 1.27. The van der Waals surface area contributed by atoms with Gasteiger partial charge in [-0.05, 0) is 26.0 Å². The summed E-state index contributed by atoms with van der Waals surface area (Å²) >= 11 is 0. The molecule has 0 spiro atoms. The fraction of sp³-hybridized carbons (Fsp3) is 0.308. The number of esters is 2. The lowest BCUT2D eigenvalue weighted by Gasteiger charge is -2.03. The lowest BCUT2D eigenvalue weighted by atomic mass is 10.2. The molecule has 0 aliphatic rings. The summed E-state index contributed by atoms with van der Waals surface area (Å²) in [5.74, 6) is -0.974. The summed E-state index contributed by atoms with van der Waals surface area (Å²) in [4.78, 5) is 26.7. The molecule has 5 heteroatoms. The highest BCUT2D eigenvalue weighted by atomic mass is 16.5. The van der Waals surface area contributed by atoms with Gasteiger partial charge in [0, 0.05) is 17.8 Å². The van der Waals surface area contributed by atoms with Gasteiger partial charge in [-0.3, -0.25) is 0 Å². The highest BCUT2D eigenvalue weighted by Crippen LogP contribution is 2.09. The lowest BCUT2D eigenvalue weighted by Crippen LogP contribution is -2.09. The normalized spacial score (nSPS) is 10.3. The van der Waals surface area contributed by atoms with E-state index in [9.17, 15) is 9.59 Å². The molecular weight excluding hydrogens is 234 g/mol. The zero-order valence-electron chi connectivity index (χ0n) is 10.4. The molecule has 0 saturated heterocycles. The summed E-state index contributed by atoms with van der Waals surface area (Å²) < 4.78 is 9.62. The number of hydrogen-bond donors (Lipinski definition) is 0. The summed E-state index contributed by atoms with van der Waals surface area (Å²) in [6.07, 6.45) is 4.23. The number of carbonyl (C=O) groups excluding carboxylic acids is 2. The predicted molar refractivity (Wildman–Crippen MR) is 65.9 cm³/mol. The quantitative estimate of drug-likeness (QED) is 0.588. The molecule has 18 heavy (non-hydrogen) atoms. The third-order valence-corrected chi connectivity index (χ3v) is 1.99. The molecule has 96 valence electrons. The van der Waals surface area contributed by atoms with Crippen molar-refractivity contribution in [3.8, 4) is 0 Å². The van der Waals surface area contributed by atoms with Crippen molar-refractivity contribution in [1.82, 2.24) is 4.98 Å². The number of carbonyl (C=O) groups is 2. The van der Waals surface area contributed by atoms with Gasteiger partial charge in [-0.15, -0.1) is 0 Å². The number of aromatic nitrogens is 1. The number of nitrogens with zero attached hydrogens (tertiary/aromatic N) is 1. The Hall–Kier alpha value is -2.17. The SMILES string of the molecule is CCOC(=O)/C=C/c1cccnc1C(=O)OCC. The average Bonchev–Trinajstić information content (AvgIpc) is 2.37. The van der Waals surface area contributed by atoms with Crippen molar-refractivity contribution < 1.29 is 19.1 Å². The number of rotatable bonds is 5. The van der Waals surface area contributed by atoms with E-state index in [2.05, 4.69) is 4.98 Å². The highest BCUT2D eigenvalue weighted by molar-refractivity contribution is 5.94. The predicted octanol–water partition coefficient (Wildman–Crippen LogP) is 1.83. The molecular formula is C13H15NO4. The van der Waals surface area contributed by atoms with Crippen molar-refractivity contribution >= 4 is 18.0 Å². The molecule has 0 aliphatic carbocycles. The molecule has 0 amide bonds. The minimum absolute atomic E-state index is 0.180. The molecule has 0 atom stereocenters. The van der Waals surface area contributed by atoms with E-state index in [4.69, 9.17) is 9.47 Å². The van der Waals surface area contributed by atoms with Crippen molar-refractivity contribution in [3.63, 3.8) is 0 Å². The molecule has 0 bridgehead atoms. The molecule has 0 aliphatic heterocycles. The summed E-state index contributed by atoms with van der Waals surface area (Å²) in [5.41, 5.74) is 0.698. The molecule has 1 aromatic rings. The first kappa shape index (κ1) is 13.9. The van der Waals surface area contributed by atoms with Crippen LogP contribution in [0.1, 0.15) is 29.9 Å². The van der Waals surface area contributed by atoms with Crippen molar-refractivity contribution in [2.24, 2.45) is 0 Å². The maximum Gasteiger partial charge on any atom is 0.357 e. The molecule has 0 aromatic carbocycles. The van der Waals surface area contributed by atoms with Crippen LogP contribution < -0.4 is 0 Å². The smallest absolute Gasteiger partial charge is 0.357 e. The van der Waals surface area contributed by atoms with Gasteiger partial charge in [0.2, 0.25) is 0 Å². The van der Waals surface area contributed by atoms with Crippen LogP contribution in [0.15, 0.2) is 24.4 Å².